The zero-order chi connectivity index (χ0) is 13.2. The lowest BCUT2D eigenvalue weighted by atomic mass is 10.2. The van der Waals surface area contributed by atoms with Crippen molar-refractivity contribution in [3.63, 3.8) is 0 Å². The highest BCUT2D eigenvalue weighted by atomic mass is 79.9. The summed E-state index contributed by atoms with van der Waals surface area (Å²) in [6, 6.07) is 1.39. The second kappa shape index (κ2) is 4.79. The molecule has 92 valence electrons. The van der Waals surface area contributed by atoms with Crippen LogP contribution in [0.5, 0.6) is 0 Å². The normalized spacial score (nSPS) is 11.1. The Morgan fingerprint density at radius 2 is 2.12 bits per heavy atom. The van der Waals surface area contributed by atoms with Crippen molar-refractivity contribution in [1.82, 2.24) is 4.98 Å². The molecular formula is C10H11BrN2O4. The van der Waals surface area contributed by atoms with Crippen LogP contribution in [0.3, 0.4) is 0 Å². The Bertz CT molecular complexity index is 468. The smallest absolute Gasteiger partial charge is 0.364 e. The molecule has 0 aromatic carbocycles. The van der Waals surface area contributed by atoms with Gasteiger partial charge in [-0.1, -0.05) is 0 Å². The summed E-state index contributed by atoms with van der Waals surface area (Å²) in [6.07, 6.45) is 1.30. The molecule has 0 aliphatic rings. The van der Waals surface area contributed by atoms with Gasteiger partial charge in [0.1, 0.15) is 5.60 Å². The van der Waals surface area contributed by atoms with Crippen LogP contribution in [0.2, 0.25) is 0 Å². The van der Waals surface area contributed by atoms with Crippen molar-refractivity contribution in [2.75, 3.05) is 0 Å². The van der Waals surface area contributed by atoms with Crippen LogP contribution in [0.15, 0.2) is 16.7 Å². The number of hydrogen-bond acceptors (Lipinski definition) is 5. The minimum Gasteiger partial charge on any atom is -0.455 e. The molecule has 0 bridgehead atoms. The van der Waals surface area contributed by atoms with Crippen molar-refractivity contribution < 1.29 is 14.5 Å². The van der Waals surface area contributed by atoms with Crippen molar-refractivity contribution in [2.24, 2.45) is 0 Å². The van der Waals surface area contributed by atoms with Gasteiger partial charge in [0.15, 0.2) is 0 Å². The highest BCUT2D eigenvalue weighted by Gasteiger charge is 2.29. The Morgan fingerprint density at radius 1 is 1.53 bits per heavy atom. The van der Waals surface area contributed by atoms with E-state index in [1.54, 1.807) is 20.8 Å². The molecule has 1 heterocycles. The maximum atomic E-state index is 11.7. The summed E-state index contributed by atoms with van der Waals surface area (Å²) in [5.41, 5.74) is -1.42. The molecule has 0 amide bonds. The summed E-state index contributed by atoms with van der Waals surface area (Å²) < 4.78 is 5.24. The number of aromatic nitrogens is 1. The van der Waals surface area contributed by atoms with E-state index in [-0.39, 0.29) is 15.9 Å². The predicted molar refractivity (Wildman–Crippen MR) is 63.8 cm³/mol. The SMILES string of the molecule is CC(C)(C)OC(=O)c1nccc(Br)c1[N+](=O)[O-]. The molecule has 0 atom stereocenters. The lowest BCUT2D eigenvalue weighted by Crippen LogP contribution is -2.25. The summed E-state index contributed by atoms with van der Waals surface area (Å²) >= 11 is 3.01. The maximum Gasteiger partial charge on any atom is 0.364 e. The summed E-state index contributed by atoms with van der Waals surface area (Å²) in [7, 11) is 0. The zero-order valence-corrected chi connectivity index (χ0v) is 11.1. The largest absolute Gasteiger partial charge is 0.455 e. The number of ether oxygens (including phenoxy) is 1. The van der Waals surface area contributed by atoms with E-state index in [9.17, 15) is 14.9 Å². The third-order valence-electron chi connectivity index (χ3n) is 1.65. The van der Waals surface area contributed by atoms with E-state index in [1.807, 2.05) is 0 Å². The average Bonchev–Trinajstić information content (AvgIpc) is 2.13. The molecule has 6 nitrogen and oxygen atoms in total. The third-order valence-corrected chi connectivity index (χ3v) is 2.29. The van der Waals surface area contributed by atoms with Crippen molar-refractivity contribution in [3.8, 4) is 0 Å². The fourth-order valence-electron chi connectivity index (χ4n) is 1.08. The topological polar surface area (TPSA) is 82.3 Å². The van der Waals surface area contributed by atoms with E-state index in [4.69, 9.17) is 4.74 Å². The van der Waals surface area contributed by atoms with Gasteiger partial charge in [0, 0.05) is 6.20 Å². The van der Waals surface area contributed by atoms with E-state index in [0.717, 1.165) is 0 Å². The number of rotatable bonds is 2. The summed E-state index contributed by atoms with van der Waals surface area (Å²) in [6.45, 7) is 5.03. The molecule has 1 aromatic rings. The molecule has 7 heteroatoms. The van der Waals surface area contributed by atoms with Gasteiger partial charge in [-0.3, -0.25) is 10.1 Å². The van der Waals surface area contributed by atoms with Crippen LogP contribution in [-0.2, 0) is 4.74 Å². The van der Waals surface area contributed by atoms with Crippen molar-refractivity contribution in [2.45, 2.75) is 26.4 Å². The Balaban J connectivity index is 3.19. The van der Waals surface area contributed by atoms with Gasteiger partial charge in [0.05, 0.1) is 9.40 Å². The van der Waals surface area contributed by atoms with Crippen LogP contribution < -0.4 is 0 Å². The Morgan fingerprint density at radius 3 is 2.59 bits per heavy atom. The first-order valence-corrected chi connectivity index (χ1v) is 5.54. The minimum atomic E-state index is -0.814. The van der Waals surface area contributed by atoms with E-state index in [2.05, 4.69) is 20.9 Å². The number of nitrogens with zero attached hydrogens (tertiary/aromatic N) is 2. The molecule has 1 rings (SSSR count). The molecule has 0 radical (unpaired) electrons. The Kier molecular flexibility index (Phi) is 3.82. The van der Waals surface area contributed by atoms with Crippen LogP contribution in [0, 0.1) is 10.1 Å². The molecule has 0 fully saturated rings. The number of hydrogen-bond donors (Lipinski definition) is 0. The minimum absolute atomic E-state index is 0.193. The van der Waals surface area contributed by atoms with Gasteiger partial charge in [-0.05, 0) is 42.8 Å². The zero-order valence-electron chi connectivity index (χ0n) is 9.56. The molecule has 17 heavy (non-hydrogen) atoms. The number of esters is 1. The van der Waals surface area contributed by atoms with Gasteiger partial charge < -0.3 is 4.74 Å². The molecule has 0 saturated carbocycles. The average molecular weight is 303 g/mol. The lowest BCUT2D eigenvalue weighted by Gasteiger charge is -2.18. The van der Waals surface area contributed by atoms with Gasteiger partial charge in [-0.2, -0.15) is 0 Å². The van der Waals surface area contributed by atoms with Crippen LogP contribution in [0.25, 0.3) is 0 Å². The van der Waals surface area contributed by atoms with Crippen molar-refractivity contribution in [1.29, 1.82) is 0 Å². The fourth-order valence-corrected chi connectivity index (χ4v) is 1.53. The fraction of sp³-hybridized carbons (Fsp3) is 0.400. The number of carbonyl (C=O) groups is 1. The van der Waals surface area contributed by atoms with Crippen molar-refractivity contribution in [3.05, 3.63) is 32.5 Å². The second-order valence-corrected chi connectivity index (χ2v) is 5.10. The first-order chi connectivity index (χ1) is 7.72. The number of carbonyl (C=O) groups excluding carboxylic acids is 1. The molecule has 0 aliphatic heterocycles. The van der Waals surface area contributed by atoms with Crippen LogP contribution >= 0.6 is 15.9 Å². The third kappa shape index (κ3) is 3.48. The Labute approximate surface area is 106 Å². The molecule has 0 N–H and O–H groups in total. The first-order valence-electron chi connectivity index (χ1n) is 4.74. The van der Waals surface area contributed by atoms with Gasteiger partial charge in [0.2, 0.25) is 5.69 Å². The number of nitro groups is 1. The summed E-state index contributed by atoms with van der Waals surface area (Å²) in [4.78, 5) is 25.6. The van der Waals surface area contributed by atoms with Gasteiger partial charge >= 0.3 is 11.7 Å². The molecular weight excluding hydrogens is 292 g/mol. The van der Waals surface area contributed by atoms with E-state index >= 15 is 0 Å². The van der Waals surface area contributed by atoms with Crippen LogP contribution in [-0.4, -0.2) is 21.5 Å². The molecule has 0 spiro atoms. The second-order valence-electron chi connectivity index (χ2n) is 4.25. The van der Waals surface area contributed by atoms with E-state index in [1.165, 1.54) is 12.3 Å². The molecule has 0 unspecified atom stereocenters. The van der Waals surface area contributed by atoms with Gasteiger partial charge in [0.25, 0.3) is 0 Å². The van der Waals surface area contributed by atoms with Crippen LogP contribution in [0.4, 0.5) is 5.69 Å². The summed E-state index contributed by atoms with van der Waals surface area (Å²) in [5, 5.41) is 10.8. The highest BCUT2D eigenvalue weighted by Crippen LogP contribution is 2.28. The van der Waals surface area contributed by atoms with E-state index < -0.39 is 16.5 Å². The molecule has 0 aliphatic carbocycles. The first kappa shape index (κ1) is 13.6. The van der Waals surface area contributed by atoms with Gasteiger partial charge in [-0.15, -0.1) is 0 Å². The monoisotopic (exact) mass is 302 g/mol. The van der Waals surface area contributed by atoms with Crippen molar-refractivity contribution >= 4 is 27.6 Å². The van der Waals surface area contributed by atoms with Gasteiger partial charge in [-0.25, -0.2) is 9.78 Å². The highest BCUT2D eigenvalue weighted by molar-refractivity contribution is 9.10. The molecule has 0 saturated heterocycles. The lowest BCUT2D eigenvalue weighted by molar-refractivity contribution is -0.386. The Hall–Kier alpha value is -1.50. The number of pyridine rings is 1. The predicted octanol–water partition coefficient (Wildman–Crippen LogP) is 2.71. The summed E-state index contributed by atoms with van der Waals surface area (Å²) in [5.74, 6) is -0.814. The van der Waals surface area contributed by atoms with E-state index in [0.29, 0.717) is 0 Å². The quantitative estimate of drug-likeness (QED) is 0.476. The standard InChI is InChI=1S/C10H11BrN2O4/c1-10(2,3)17-9(14)7-8(13(15)16)6(11)4-5-12-7/h4-5H,1-3H3. The number of halogens is 1. The van der Waals surface area contributed by atoms with Crippen LogP contribution in [0.1, 0.15) is 31.3 Å². The maximum absolute atomic E-state index is 11.7. The molecule has 1 aromatic heterocycles.